The summed E-state index contributed by atoms with van der Waals surface area (Å²) in [6.45, 7) is 11.7. The Labute approximate surface area is 167 Å². The maximum Gasteiger partial charge on any atom is 0.134 e. The molecular formula is C21H30N6O. The Balaban J connectivity index is 1.28. The Bertz CT molecular complexity index is 756. The highest BCUT2D eigenvalue weighted by atomic mass is 16.5. The van der Waals surface area contributed by atoms with Crippen molar-refractivity contribution in [2.75, 3.05) is 80.7 Å². The van der Waals surface area contributed by atoms with Crippen molar-refractivity contribution in [3.63, 3.8) is 0 Å². The van der Waals surface area contributed by atoms with E-state index in [4.69, 9.17) is 4.74 Å². The molecule has 0 radical (unpaired) electrons. The molecular weight excluding hydrogens is 352 g/mol. The molecule has 0 spiro atoms. The van der Waals surface area contributed by atoms with Gasteiger partial charge in [-0.05, 0) is 24.6 Å². The fourth-order valence-corrected chi connectivity index (χ4v) is 3.80. The van der Waals surface area contributed by atoms with Gasteiger partial charge in [-0.1, -0.05) is 12.1 Å². The van der Waals surface area contributed by atoms with Gasteiger partial charge in [-0.3, -0.25) is 4.90 Å². The van der Waals surface area contributed by atoms with E-state index >= 15 is 0 Å². The number of hydrogen-bond acceptors (Lipinski definition) is 7. The molecule has 7 nitrogen and oxygen atoms in total. The number of nitrogens with zero attached hydrogens (tertiary/aromatic N) is 5. The largest absolute Gasteiger partial charge is 0.379 e. The molecule has 0 bridgehead atoms. The maximum atomic E-state index is 5.40. The molecule has 2 fully saturated rings. The predicted octanol–water partition coefficient (Wildman–Crippen LogP) is 1.86. The van der Waals surface area contributed by atoms with Crippen molar-refractivity contribution in [1.29, 1.82) is 0 Å². The summed E-state index contributed by atoms with van der Waals surface area (Å²) in [6, 6.07) is 10.8. The zero-order chi connectivity index (χ0) is 19.2. The van der Waals surface area contributed by atoms with Gasteiger partial charge in [0.05, 0.1) is 13.2 Å². The van der Waals surface area contributed by atoms with Gasteiger partial charge < -0.3 is 19.9 Å². The van der Waals surface area contributed by atoms with Crippen molar-refractivity contribution in [3.05, 3.63) is 42.2 Å². The topological polar surface area (TPSA) is 56.8 Å². The van der Waals surface area contributed by atoms with Crippen LogP contribution in [0.5, 0.6) is 0 Å². The number of aryl methyl sites for hydroxylation is 1. The maximum absolute atomic E-state index is 5.40. The van der Waals surface area contributed by atoms with E-state index in [0.29, 0.717) is 0 Å². The molecule has 28 heavy (non-hydrogen) atoms. The molecule has 2 aliphatic heterocycles. The van der Waals surface area contributed by atoms with Gasteiger partial charge in [-0.25, -0.2) is 9.97 Å². The number of ether oxygens (including phenoxy) is 1. The first-order valence-corrected chi connectivity index (χ1v) is 10.2. The standard InChI is InChI=1S/C21H30N6O/c1-18-3-2-4-19(15-18)26-7-9-27(10-8-26)21-16-20(23-17-24-21)22-5-6-25-11-13-28-14-12-25/h2-4,15-17H,5-14H2,1H3,(H,22,23,24). The SMILES string of the molecule is Cc1cccc(N2CCN(c3cc(NCCN4CCOCC4)ncn3)CC2)c1. The van der Waals surface area contributed by atoms with Crippen LogP contribution in [0.25, 0.3) is 0 Å². The second-order valence-corrected chi connectivity index (χ2v) is 7.46. The average molecular weight is 383 g/mol. The van der Waals surface area contributed by atoms with Crippen LogP contribution in [0.2, 0.25) is 0 Å². The minimum absolute atomic E-state index is 0.839. The van der Waals surface area contributed by atoms with Crippen LogP contribution >= 0.6 is 0 Å². The highest BCUT2D eigenvalue weighted by molar-refractivity contribution is 5.53. The normalized spacial score (nSPS) is 18.3. The molecule has 2 aromatic rings. The third-order valence-corrected chi connectivity index (χ3v) is 5.46. The van der Waals surface area contributed by atoms with Gasteiger partial charge in [0.1, 0.15) is 18.0 Å². The van der Waals surface area contributed by atoms with Crippen LogP contribution in [0, 0.1) is 6.92 Å². The highest BCUT2D eigenvalue weighted by Crippen LogP contribution is 2.21. The number of benzene rings is 1. The number of nitrogens with one attached hydrogen (secondary N) is 1. The summed E-state index contributed by atoms with van der Waals surface area (Å²) >= 11 is 0. The van der Waals surface area contributed by atoms with E-state index in [2.05, 4.69) is 67.2 Å². The molecule has 0 aliphatic carbocycles. The van der Waals surface area contributed by atoms with Crippen LogP contribution in [0.15, 0.2) is 36.7 Å². The predicted molar refractivity (Wildman–Crippen MR) is 113 cm³/mol. The molecule has 0 atom stereocenters. The lowest BCUT2D eigenvalue weighted by Gasteiger charge is -2.36. The average Bonchev–Trinajstić information content (AvgIpc) is 2.75. The first-order chi connectivity index (χ1) is 13.8. The number of piperazine rings is 1. The number of hydrogen-bond donors (Lipinski definition) is 1. The van der Waals surface area contributed by atoms with Crippen molar-refractivity contribution in [3.8, 4) is 0 Å². The van der Waals surface area contributed by atoms with Crippen LogP contribution in [0.3, 0.4) is 0 Å². The molecule has 2 saturated heterocycles. The first kappa shape index (κ1) is 19.0. The molecule has 1 aromatic heterocycles. The van der Waals surface area contributed by atoms with Gasteiger partial charge in [0, 0.05) is 64.1 Å². The summed E-state index contributed by atoms with van der Waals surface area (Å²) in [4.78, 5) is 16.1. The Hall–Kier alpha value is -2.38. The Morgan fingerprint density at radius 2 is 1.75 bits per heavy atom. The molecule has 1 N–H and O–H groups in total. The smallest absolute Gasteiger partial charge is 0.134 e. The van der Waals surface area contributed by atoms with Gasteiger partial charge in [-0.2, -0.15) is 0 Å². The number of aromatic nitrogens is 2. The van der Waals surface area contributed by atoms with Gasteiger partial charge in [-0.15, -0.1) is 0 Å². The fourth-order valence-electron chi connectivity index (χ4n) is 3.80. The summed E-state index contributed by atoms with van der Waals surface area (Å²) in [5, 5.41) is 3.44. The van der Waals surface area contributed by atoms with Crippen molar-refractivity contribution in [2.45, 2.75) is 6.92 Å². The molecule has 3 heterocycles. The fraction of sp³-hybridized carbons (Fsp3) is 0.524. The molecule has 150 valence electrons. The van der Waals surface area contributed by atoms with Crippen molar-refractivity contribution in [1.82, 2.24) is 14.9 Å². The Morgan fingerprint density at radius 3 is 2.54 bits per heavy atom. The summed E-state index contributed by atoms with van der Waals surface area (Å²) in [7, 11) is 0. The third kappa shape index (κ3) is 4.91. The molecule has 2 aliphatic rings. The number of rotatable bonds is 6. The van der Waals surface area contributed by atoms with E-state index in [9.17, 15) is 0 Å². The molecule has 0 unspecified atom stereocenters. The second kappa shape index (κ2) is 9.21. The molecule has 0 saturated carbocycles. The second-order valence-electron chi connectivity index (χ2n) is 7.46. The number of morpholine rings is 1. The zero-order valence-electron chi connectivity index (χ0n) is 16.7. The quantitative estimate of drug-likeness (QED) is 0.818. The van der Waals surface area contributed by atoms with Crippen LogP contribution in [0.4, 0.5) is 17.3 Å². The monoisotopic (exact) mass is 382 g/mol. The van der Waals surface area contributed by atoms with Crippen LogP contribution in [-0.4, -0.2) is 80.4 Å². The lowest BCUT2D eigenvalue weighted by molar-refractivity contribution is 0.0398. The number of anilines is 3. The van der Waals surface area contributed by atoms with E-state index in [1.807, 2.05) is 0 Å². The van der Waals surface area contributed by atoms with E-state index in [-0.39, 0.29) is 0 Å². The molecule has 4 rings (SSSR count). The van der Waals surface area contributed by atoms with Crippen LogP contribution in [-0.2, 0) is 4.74 Å². The van der Waals surface area contributed by atoms with Gasteiger partial charge in [0.2, 0.25) is 0 Å². The molecule has 1 aromatic carbocycles. The van der Waals surface area contributed by atoms with E-state index in [1.54, 1.807) is 6.33 Å². The lowest BCUT2D eigenvalue weighted by Crippen LogP contribution is -2.46. The van der Waals surface area contributed by atoms with Crippen LogP contribution < -0.4 is 15.1 Å². The van der Waals surface area contributed by atoms with Crippen molar-refractivity contribution < 1.29 is 4.74 Å². The van der Waals surface area contributed by atoms with E-state index in [1.165, 1.54) is 11.3 Å². The molecule has 0 amide bonds. The van der Waals surface area contributed by atoms with Crippen molar-refractivity contribution >= 4 is 17.3 Å². The van der Waals surface area contributed by atoms with Crippen LogP contribution in [0.1, 0.15) is 5.56 Å². The third-order valence-electron chi connectivity index (χ3n) is 5.46. The summed E-state index contributed by atoms with van der Waals surface area (Å²) in [5.41, 5.74) is 2.62. The van der Waals surface area contributed by atoms with Crippen molar-refractivity contribution in [2.24, 2.45) is 0 Å². The Morgan fingerprint density at radius 1 is 0.964 bits per heavy atom. The Kier molecular flexibility index (Phi) is 6.24. The minimum Gasteiger partial charge on any atom is -0.379 e. The minimum atomic E-state index is 0.839. The van der Waals surface area contributed by atoms with Gasteiger partial charge in [0.25, 0.3) is 0 Å². The summed E-state index contributed by atoms with van der Waals surface area (Å²) in [5.74, 6) is 1.91. The van der Waals surface area contributed by atoms with E-state index in [0.717, 1.165) is 77.2 Å². The molecule has 7 heteroatoms. The first-order valence-electron chi connectivity index (χ1n) is 10.2. The highest BCUT2D eigenvalue weighted by Gasteiger charge is 2.19. The zero-order valence-corrected chi connectivity index (χ0v) is 16.7. The van der Waals surface area contributed by atoms with E-state index < -0.39 is 0 Å². The van der Waals surface area contributed by atoms with Gasteiger partial charge in [0.15, 0.2) is 0 Å². The summed E-state index contributed by atoms with van der Waals surface area (Å²) in [6.07, 6.45) is 1.67. The lowest BCUT2D eigenvalue weighted by atomic mass is 10.2. The van der Waals surface area contributed by atoms with Gasteiger partial charge >= 0.3 is 0 Å². The summed E-state index contributed by atoms with van der Waals surface area (Å²) < 4.78 is 5.40.